The van der Waals surface area contributed by atoms with E-state index < -0.39 is 16.1 Å². The summed E-state index contributed by atoms with van der Waals surface area (Å²) in [6.45, 7) is 3.94. The molecule has 0 bridgehead atoms. The molecule has 1 aromatic heterocycles. The van der Waals surface area contributed by atoms with E-state index in [2.05, 4.69) is 15.9 Å². The van der Waals surface area contributed by atoms with Crippen molar-refractivity contribution in [3.05, 3.63) is 27.7 Å². The van der Waals surface area contributed by atoms with Crippen molar-refractivity contribution in [1.82, 2.24) is 4.31 Å². The Balaban J connectivity index is 2.54. The number of thiophene rings is 1. The Morgan fingerprint density at radius 1 is 1.45 bits per heavy atom. The van der Waals surface area contributed by atoms with Crippen molar-refractivity contribution in [3.8, 4) is 0 Å². The quantitative estimate of drug-likeness (QED) is 0.756. The highest BCUT2D eigenvalue weighted by Gasteiger charge is 2.30. The average molecular weight is 427 g/mol. The monoisotopic (exact) mass is 425 g/mol. The third-order valence-corrected chi connectivity index (χ3v) is 8.19. The van der Waals surface area contributed by atoms with Gasteiger partial charge in [0, 0.05) is 28.2 Å². The third-order valence-electron chi connectivity index (χ3n) is 3.08. The maximum absolute atomic E-state index is 12.9. The van der Waals surface area contributed by atoms with Crippen molar-refractivity contribution in [2.24, 2.45) is 0 Å². The molecule has 122 valence electrons. The Hall–Kier alpha value is -0.180. The van der Waals surface area contributed by atoms with Crippen LogP contribution in [0.15, 0.2) is 26.9 Å². The molecule has 8 heteroatoms. The molecular formula is C14H17BrClNO3S2. The van der Waals surface area contributed by atoms with E-state index in [1.165, 1.54) is 15.6 Å². The van der Waals surface area contributed by atoms with Crippen molar-refractivity contribution in [2.75, 3.05) is 13.1 Å². The number of fused-ring (bicyclic) bond motifs is 1. The minimum Gasteiger partial charge on any atom is -0.392 e. The van der Waals surface area contributed by atoms with Gasteiger partial charge in [0.25, 0.3) is 10.0 Å². The zero-order valence-electron chi connectivity index (χ0n) is 12.2. The molecule has 2 rings (SSSR count). The summed E-state index contributed by atoms with van der Waals surface area (Å²) in [5.74, 6) is 0. The summed E-state index contributed by atoms with van der Waals surface area (Å²) in [4.78, 5) is 0. The van der Waals surface area contributed by atoms with Crippen molar-refractivity contribution in [2.45, 2.75) is 30.6 Å². The van der Waals surface area contributed by atoms with E-state index in [1.807, 2.05) is 13.0 Å². The largest absolute Gasteiger partial charge is 0.392 e. The van der Waals surface area contributed by atoms with Gasteiger partial charge in [-0.15, -0.1) is 11.3 Å². The molecule has 0 spiro atoms. The third kappa shape index (κ3) is 3.66. The summed E-state index contributed by atoms with van der Waals surface area (Å²) in [6.07, 6.45) is -0.0377. The summed E-state index contributed by atoms with van der Waals surface area (Å²) >= 11 is 10.6. The number of halogens is 2. The molecule has 0 aliphatic heterocycles. The molecule has 1 heterocycles. The van der Waals surface area contributed by atoms with Crippen molar-refractivity contribution in [3.63, 3.8) is 0 Å². The first-order valence-electron chi connectivity index (χ1n) is 6.83. The number of aliphatic hydroxyl groups excluding tert-OH is 1. The van der Waals surface area contributed by atoms with Crippen molar-refractivity contribution in [1.29, 1.82) is 0 Å². The summed E-state index contributed by atoms with van der Waals surface area (Å²) in [5.41, 5.74) is 0. The topological polar surface area (TPSA) is 57.6 Å². The van der Waals surface area contributed by atoms with Gasteiger partial charge in [0.15, 0.2) is 4.21 Å². The average Bonchev–Trinajstić information content (AvgIpc) is 2.76. The molecule has 0 aliphatic rings. The molecule has 0 saturated heterocycles. The maximum atomic E-state index is 12.9. The number of hydrogen-bond acceptors (Lipinski definition) is 4. The smallest absolute Gasteiger partial charge is 0.253 e. The summed E-state index contributed by atoms with van der Waals surface area (Å²) < 4.78 is 28.7. The van der Waals surface area contributed by atoms with E-state index in [0.717, 1.165) is 10.1 Å². The molecule has 1 unspecified atom stereocenters. The van der Waals surface area contributed by atoms with E-state index in [4.69, 9.17) is 11.6 Å². The lowest BCUT2D eigenvalue weighted by Gasteiger charge is -2.22. The van der Waals surface area contributed by atoms with Crippen LogP contribution in [0.5, 0.6) is 0 Å². The second kappa shape index (κ2) is 7.15. The van der Waals surface area contributed by atoms with Gasteiger partial charge in [-0.3, -0.25) is 0 Å². The van der Waals surface area contributed by atoms with E-state index >= 15 is 0 Å². The van der Waals surface area contributed by atoms with Gasteiger partial charge >= 0.3 is 0 Å². The van der Waals surface area contributed by atoms with Gasteiger partial charge in [0.05, 0.1) is 10.6 Å². The van der Waals surface area contributed by atoms with Gasteiger partial charge in [-0.2, -0.15) is 4.31 Å². The zero-order chi connectivity index (χ0) is 16.5. The fraction of sp³-hybridized carbons (Fsp3) is 0.429. The Labute approximate surface area is 147 Å². The van der Waals surface area contributed by atoms with Crippen LogP contribution in [0.1, 0.15) is 20.3 Å². The molecule has 1 atom stereocenters. The van der Waals surface area contributed by atoms with Crippen LogP contribution < -0.4 is 0 Å². The molecular weight excluding hydrogens is 410 g/mol. The van der Waals surface area contributed by atoms with Gasteiger partial charge in [-0.25, -0.2) is 8.42 Å². The zero-order valence-corrected chi connectivity index (χ0v) is 16.2. The normalized spacial score (nSPS) is 13.9. The molecule has 22 heavy (non-hydrogen) atoms. The Morgan fingerprint density at radius 3 is 2.73 bits per heavy atom. The van der Waals surface area contributed by atoms with E-state index in [9.17, 15) is 13.5 Å². The maximum Gasteiger partial charge on any atom is 0.253 e. The van der Waals surface area contributed by atoms with Crippen molar-refractivity contribution < 1.29 is 13.5 Å². The number of rotatable bonds is 6. The van der Waals surface area contributed by atoms with Crippen LogP contribution in [0.4, 0.5) is 0 Å². The summed E-state index contributed by atoms with van der Waals surface area (Å²) in [6, 6.07) is 5.29. The highest BCUT2D eigenvalue weighted by Crippen LogP contribution is 2.40. The van der Waals surface area contributed by atoms with Gasteiger partial charge < -0.3 is 5.11 Å². The van der Waals surface area contributed by atoms with Crippen LogP contribution in [0, 0.1) is 0 Å². The van der Waals surface area contributed by atoms with Crippen molar-refractivity contribution >= 4 is 59.0 Å². The lowest BCUT2D eigenvalue weighted by Crippen LogP contribution is -2.36. The summed E-state index contributed by atoms with van der Waals surface area (Å²) in [5, 5.41) is 10.9. The van der Waals surface area contributed by atoms with Crippen LogP contribution in [0.25, 0.3) is 10.1 Å². The van der Waals surface area contributed by atoms with Crippen LogP contribution in [0.3, 0.4) is 0 Å². The fourth-order valence-corrected chi connectivity index (χ4v) is 6.86. The van der Waals surface area contributed by atoms with Gasteiger partial charge in [-0.05, 0) is 47.5 Å². The number of aliphatic hydroxyl groups is 1. The number of hydrogen-bond donors (Lipinski definition) is 1. The molecule has 1 aromatic carbocycles. The lowest BCUT2D eigenvalue weighted by molar-refractivity contribution is 0.163. The van der Waals surface area contributed by atoms with Crippen LogP contribution >= 0.6 is 38.9 Å². The second-order valence-corrected chi connectivity index (χ2v) is 9.47. The van der Waals surface area contributed by atoms with Gasteiger partial charge in [0.1, 0.15) is 0 Å². The molecule has 0 saturated carbocycles. The lowest BCUT2D eigenvalue weighted by atomic mass is 10.3. The van der Waals surface area contributed by atoms with Gasteiger partial charge in [-0.1, -0.05) is 18.5 Å². The Morgan fingerprint density at radius 2 is 2.14 bits per heavy atom. The molecule has 0 amide bonds. The number of sulfonamides is 1. The predicted octanol–water partition coefficient (Wildman–Crippen LogP) is 4.10. The number of nitrogens with zero attached hydrogens (tertiary/aromatic N) is 1. The minimum atomic E-state index is -3.66. The van der Waals surface area contributed by atoms with Crippen LogP contribution in [-0.4, -0.2) is 37.0 Å². The van der Waals surface area contributed by atoms with Crippen LogP contribution in [-0.2, 0) is 10.0 Å². The molecule has 4 nitrogen and oxygen atoms in total. The molecule has 2 aromatic rings. The first-order valence-corrected chi connectivity index (χ1v) is 10.3. The molecule has 0 fully saturated rings. The van der Waals surface area contributed by atoms with E-state index in [1.54, 1.807) is 19.1 Å². The first kappa shape index (κ1) is 18.2. The Kier molecular flexibility index (Phi) is 5.90. The molecule has 0 aliphatic carbocycles. The molecule has 1 N–H and O–H groups in total. The van der Waals surface area contributed by atoms with Crippen LogP contribution in [0.2, 0.25) is 5.02 Å². The Bertz CT molecular complexity index is 774. The minimum absolute atomic E-state index is 0.0810. The second-order valence-electron chi connectivity index (χ2n) is 5.06. The fourth-order valence-electron chi connectivity index (χ4n) is 2.15. The van der Waals surface area contributed by atoms with E-state index in [-0.39, 0.29) is 10.8 Å². The summed E-state index contributed by atoms with van der Waals surface area (Å²) in [7, 11) is -3.66. The highest BCUT2D eigenvalue weighted by atomic mass is 79.9. The molecule has 0 radical (unpaired) electrons. The standard InChI is InChI=1S/C14H17BrClNO3S2/c1-3-6-17(8-9(2)18)22(19,20)14-13(15)11-7-10(16)4-5-12(11)21-14/h4-5,7,9,18H,3,6,8H2,1-2H3. The first-order chi connectivity index (χ1) is 10.3. The highest BCUT2D eigenvalue weighted by molar-refractivity contribution is 9.10. The van der Waals surface area contributed by atoms with E-state index in [0.29, 0.717) is 22.5 Å². The predicted molar refractivity (Wildman–Crippen MR) is 95.3 cm³/mol. The number of benzene rings is 1. The van der Waals surface area contributed by atoms with Gasteiger partial charge in [0.2, 0.25) is 0 Å². The SMILES string of the molecule is CCCN(CC(C)O)S(=O)(=O)c1sc2ccc(Cl)cc2c1Br.